The number of phenolic OH excluding ortho intramolecular Hbond substituents is 1. The molecule has 0 amide bonds. The SMILES string of the molecule is Cc1cc(=O)c2c(O)cc3c(c2o1)CC=C(CO)CO3. The molecular formula is C15H14O5. The first-order valence-corrected chi connectivity index (χ1v) is 6.31. The molecule has 1 aromatic heterocycles. The highest BCUT2D eigenvalue weighted by molar-refractivity contribution is 5.88. The molecule has 2 heterocycles. The van der Waals surface area contributed by atoms with Gasteiger partial charge in [0.1, 0.15) is 34.8 Å². The summed E-state index contributed by atoms with van der Waals surface area (Å²) in [5.41, 5.74) is 1.53. The Labute approximate surface area is 114 Å². The van der Waals surface area contributed by atoms with E-state index in [2.05, 4.69) is 0 Å². The average molecular weight is 274 g/mol. The van der Waals surface area contributed by atoms with Gasteiger partial charge in [-0.25, -0.2) is 0 Å². The molecule has 1 aliphatic rings. The van der Waals surface area contributed by atoms with E-state index in [1.807, 2.05) is 6.08 Å². The van der Waals surface area contributed by atoms with Crippen LogP contribution in [0.3, 0.4) is 0 Å². The molecule has 0 atom stereocenters. The van der Waals surface area contributed by atoms with Crippen molar-refractivity contribution in [3.8, 4) is 11.5 Å². The molecule has 104 valence electrons. The van der Waals surface area contributed by atoms with Gasteiger partial charge in [-0.2, -0.15) is 0 Å². The van der Waals surface area contributed by atoms with Gasteiger partial charge in [-0.15, -0.1) is 0 Å². The molecular weight excluding hydrogens is 260 g/mol. The van der Waals surface area contributed by atoms with Gasteiger partial charge in [0.25, 0.3) is 0 Å². The van der Waals surface area contributed by atoms with E-state index in [9.17, 15) is 15.0 Å². The van der Waals surface area contributed by atoms with Crippen molar-refractivity contribution < 1.29 is 19.4 Å². The summed E-state index contributed by atoms with van der Waals surface area (Å²) < 4.78 is 11.2. The molecule has 3 rings (SSSR count). The molecule has 0 bridgehead atoms. The highest BCUT2D eigenvalue weighted by Crippen LogP contribution is 2.36. The normalized spacial score (nSPS) is 14.4. The fourth-order valence-electron chi connectivity index (χ4n) is 2.37. The number of allylic oxidation sites excluding steroid dienone is 1. The number of aliphatic hydroxyl groups is 1. The molecule has 0 saturated heterocycles. The minimum absolute atomic E-state index is 0.0825. The fourth-order valence-corrected chi connectivity index (χ4v) is 2.37. The smallest absolute Gasteiger partial charge is 0.196 e. The molecule has 0 aliphatic carbocycles. The number of aryl methyl sites for hydroxylation is 1. The van der Waals surface area contributed by atoms with E-state index in [4.69, 9.17) is 9.15 Å². The molecule has 0 fully saturated rings. The molecule has 0 radical (unpaired) electrons. The van der Waals surface area contributed by atoms with Gasteiger partial charge < -0.3 is 19.4 Å². The average Bonchev–Trinajstić information content (AvgIpc) is 2.60. The van der Waals surface area contributed by atoms with Gasteiger partial charge in [0.2, 0.25) is 0 Å². The lowest BCUT2D eigenvalue weighted by atomic mass is 10.0. The Balaban J connectivity index is 2.32. The zero-order valence-corrected chi connectivity index (χ0v) is 11.0. The molecule has 0 spiro atoms. The van der Waals surface area contributed by atoms with E-state index in [-0.39, 0.29) is 29.8 Å². The first kappa shape index (κ1) is 12.7. The Hall–Kier alpha value is -2.27. The Bertz CT molecular complexity index is 770. The van der Waals surface area contributed by atoms with Crippen LogP contribution in [0.1, 0.15) is 11.3 Å². The van der Waals surface area contributed by atoms with Gasteiger partial charge in [0, 0.05) is 17.7 Å². The third kappa shape index (κ3) is 1.96. The number of aromatic hydroxyl groups is 1. The molecule has 2 N–H and O–H groups in total. The van der Waals surface area contributed by atoms with Crippen molar-refractivity contribution in [1.82, 2.24) is 0 Å². The summed E-state index contributed by atoms with van der Waals surface area (Å²) in [6.07, 6.45) is 2.33. The summed E-state index contributed by atoms with van der Waals surface area (Å²) in [6.45, 7) is 1.86. The Kier molecular flexibility index (Phi) is 2.99. The van der Waals surface area contributed by atoms with Crippen molar-refractivity contribution in [1.29, 1.82) is 0 Å². The number of aliphatic hydroxyl groups excluding tert-OH is 1. The van der Waals surface area contributed by atoms with Crippen LogP contribution in [0.5, 0.6) is 11.5 Å². The van der Waals surface area contributed by atoms with Crippen LogP contribution in [0.2, 0.25) is 0 Å². The van der Waals surface area contributed by atoms with Crippen LogP contribution in [-0.4, -0.2) is 23.4 Å². The van der Waals surface area contributed by atoms with Gasteiger partial charge >= 0.3 is 0 Å². The predicted octanol–water partition coefficient (Wildman–Crippen LogP) is 1.66. The number of fused-ring (bicyclic) bond motifs is 3. The summed E-state index contributed by atoms with van der Waals surface area (Å²) in [6, 6.07) is 2.78. The Morgan fingerprint density at radius 1 is 1.35 bits per heavy atom. The third-order valence-corrected chi connectivity index (χ3v) is 3.38. The van der Waals surface area contributed by atoms with Crippen LogP contribution in [-0.2, 0) is 6.42 Å². The standard InChI is InChI=1S/C15H14O5/c1-8-4-11(17)14-12(18)5-13-10(15(14)20-8)3-2-9(6-16)7-19-13/h2,4-5,16,18H,3,6-7H2,1H3. The minimum atomic E-state index is -0.278. The molecule has 5 heteroatoms. The van der Waals surface area contributed by atoms with E-state index in [1.165, 1.54) is 12.1 Å². The van der Waals surface area contributed by atoms with E-state index < -0.39 is 0 Å². The maximum Gasteiger partial charge on any atom is 0.196 e. The number of hydrogen-bond acceptors (Lipinski definition) is 5. The minimum Gasteiger partial charge on any atom is -0.507 e. The van der Waals surface area contributed by atoms with Gasteiger partial charge in [-0.3, -0.25) is 4.79 Å². The van der Waals surface area contributed by atoms with Crippen molar-refractivity contribution >= 4 is 11.0 Å². The lowest BCUT2D eigenvalue weighted by Gasteiger charge is -2.11. The van der Waals surface area contributed by atoms with Gasteiger partial charge in [-0.05, 0) is 18.9 Å². The van der Waals surface area contributed by atoms with E-state index in [0.29, 0.717) is 29.1 Å². The fraction of sp³-hybridized carbons (Fsp3) is 0.267. The number of hydrogen-bond donors (Lipinski definition) is 2. The van der Waals surface area contributed by atoms with E-state index in [0.717, 1.165) is 5.57 Å². The first-order chi connectivity index (χ1) is 9.60. The quantitative estimate of drug-likeness (QED) is 0.773. The molecule has 0 saturated carbocycles. The van der Waals surface area contributed by atoms with Crippen molar-refractivity contribution in [2.75, 3.05) is 13.2 Å². The predicted molar refractivity (Wildman–Crippen MR) is 73.3 cm³/mol. The summed E-state index contributed by atoms with van der Waals surface area (Å²) in [5.74, 6) is 0.800. The van der Waals surface area contributed by atoms with Crippen LogP contribution in [0.4, 0.5) is 0 Å². The maximum atomic E-state index is 12.0. The molecule has 5 nitrogen and oxygen atoms in total. The van der Waals surface area contributed by atoms with Crippen LogP contribution in [0.25, 0.3) is 11.0 Å². The monoisotopic (exact) mass is 274 g/mol. The van der Waals surface area contributed by atoms with Gasteiger partial charge in [0.05, 0.1) is 6.61 Å². The number of ether oxygens (including phenoxy) is 1. The first-order valence-electron chi connectivity index (χ1n) is 6.31. The lowest BCUT2D eigenvalue weighted by molar-refractivity contribution is 0.288. The van der Waals surface area contributed by atoms with Crippen LogP contribution >= 0.6 is 0 Å². The highest BCUT2D eigenvalue weighted by Gasteiger charge is 2.19. The number of benzene rings is 1. The van der Waals surface area contributed by atoms with Crippen LogP contribution in [0, 0.1) is 6.92 Å². The zero-order valence-electron chi connectivity index (χ0n) is 11.0. The lowest BCUT2D eigenvalue weighted by Crippen LogP contribution is -2.05. The third-order valence-electron chi connectivity index (χ3n) is 3.38. The summed E-state index contributed by atoms with van der Waals surface area (Å²) >= 11 is 0. The maximum absolute atomic E-state index is 12.0. The molecule has 20 heavy (non-hydrogen) atoms. The molecule has 0 unspecified atom stereocenters. The van der Waals surface area contributed by atoms with E-state index in [1.54, 1.807) is 6.92 Å². The second-order valence-electron chi connectivity index (χ2n) is 4.81. The topological polar surface area (TPSA) is 79.9 Å². The van der Waals surface area contributed by atoms with Crippen LogP contribution < -0.4 is 10.2 Å². The van der Waals surface area contributed by atoms with Gasteiger partial charge in [0.15, 0.2) is 5.43 Å². The highest BCUT2D eigenvalue weighted by atomic mass is 16.5. The number of rotatable bonds is 1. The second-order valence-corrected chi connectivity index (χ2v) is 4.81. The zero-order chi connectivity index (χ0) is 14.3. The van der Waals surface area contributed by atoms with Crippen molar-refractivity contribution in [3.05, 3.63) is 45.3 Å². The number of phenols is 1. The summed E-state index contributed by atoms with van der Waals surface area (Å²) in [5, 5.41) is 19.4. The summed E-state index contributed by atoms with van der Waals surface area (Å²) in [4.78, 5) is 12.0. The summed E-state index contributed by atoms with van der Waals surface area (Å²) in [7, 11) is 0. The van der Waals surface area contributed by atoms with Crippen LogP contribution in [0.15, 0.2) is 33.0 Å². The van der Waals surface area contributed by atoms with E-state index >= 15 is 0 Å². The van der Waals surface area contributed by atoms with Crippen molar-refractivity contribution in [3.63, 3.8) is 0 Å². The Morgan fingerprint density at radius 2 is 2.15 bits per heavy atom. The van der Waals surface area contributed by atoms with Crippen molar-refractivity contribution in [2.24, 2.45) is 0 Å². The molecule has 1 aliphatic heterocycles. The second kappa shape index (κ2) is 4.68. The van der Waals surface area contributed by atoms with Gasteiger partial charge in [-0.1, -0.05) is 6.08 Å². The van der Waals surface area contributed by atoms with Crippen molar-refractivity contribution in [2.45, 2.75) is 13.3 Å². The Morgan fingerprint density at radius 3 is 2.90 bits per heavy atom. The molecule has 1 aromatic carbocycles. The molecule has 2 aromatic rings. The largest absolute Gasteiger partial charge is 0.507 e.